The summed E-state index contributed by atoms with van der Waals surface area (Å²) in [5, 5.41) is 4.72. The van der Waals surface area contributed by atoms with Crippen molar-refractivity contribution in [2.75, 3.05) is 14.2 Å². The molecule has 0 unspecified atom stereocenters. The van der Waals surface area contributed by atoms with Crippen molar-refractivity contribution in [2.24, 2.45) is 5.73 Å². The van der Waals surface area contributed by atoms with Crippen molar-refractivity contribution < 1.29 is 14.0 Å². The van der Waals surface area contributed by atoms with Gasteiger partial charge in [0.1, 0.15) is 5.69 Å². The summed E-state index contributed by atoms with van der Waals surface area (Å²) < 4.78 is 15.5. The summed E-state index contributed by atoms with van der Waals surface area (Å²) >= 11 is 0. The predicted octanol–water partition coefficient (Wildman–Crippen LogP) is 1.30. The van der Waals surface area contributed by atoms with Crippen molar-refractivity contribution in [3.05, 3.63) is 17.8 Å². The van der Waals surface area contributed by atoms with Crippen LogP contribution in [0.3, 0.4) is 0 Å². The lowest BCUT2D eigenvalue weighted by Crippen LogP contribution is -1.96. The standard InChI is InChI=1S/C10H12N2O3/c1-13-8-4-3-6-7(5-11)12-15-9(6)10(8)14-2/h3-4H,5,11H2,1-2H3. The van der Waals surface area contributed by atoms with E-state index in [1.165, 1.54) is 0 Å². The molecule has 0 radical (unpaired) electrons. The van der Waals surface area contributed by atoms with Gasteiger partial charge < -0.3 is 19.7 Å². The maximum Gasteiger partial charge on any atom is 0.212 e. The summed E-state index contributed by atoms with van der Waals surface area (Å²) in [5.74, 6) is 1.16. The first-order chi connectivity index (χ1) is 7.31. The van der Waals surface area contributed by atoms with Crippen molar-refractivity contribution in [3.63, 3.8) is 0 Å². The average Bonchev–Trinajstić information content (AvgIpc) is 2.70. The van der Waals surface area contributed by atoms with Crippen molar-refractivity contribution in [3.8, 4) is 11.5 Å². The summed E-state index contributed by atoms with van der Waals surface area (Å²) in [7, 11) is 3.13. The van der Waals surface area contributed by atoms with Crippen LogP contribution in [-0.2, 0) is 6.54 Å². The molecule has 5 nitrogen and oxygen atoms in total. The Morgan fingerprint density at radius 1 is 1.33 bits per heavy atom. The highest BCUT2D eigenvalue weighted by molar-refractivity contribution is 5.87. The highest BCUT2D eigenvalue weighted by Gasteiger charge is 2.15. The van der Waals surface area contributed by atoms with Crippen LogP contribution < -0.4 is 15.2 Å². The van der Waals surface area contributed by atoms with Gasteiger partial charge in [0.05, 0.1) is 19.6 Å². The van der Waals surface area contributed by atoms with Crippen LogP contribution in [0.1, 0.15) is 5.69 Å². The number of methoxy groups -OCH3 is 2. The van der Waals surface area contributed by atoms with Gasteiger partial charge in [-0.05, 0) is 12.1 Å². The number of benzene rings is 1. The van der Waals surface area contributed by atoms with Crippen LogP contribution in [-0.4, -0.2) is 19.4 Å². The molecule has 0 aliphatic carbocycles. The average molecular weight is 208 g/mol. The minimum Gasteiger partial charge on any atom is -0.493 e. The number of ether oxygens (including phenoxy) is 2. The van der Waals surface area contributed by atoms with E-state index in [0.717, 1.165) is 5.39 Å². The second-order valence-electron chi connectivity index (χ2n) is 3.01. The number of rotatable bonds is 3. The maximum absolute atomic E-state index is 5.53. The molecule has 0 atom stereocenters. The van der Waals surface area contributed by atoms with Gasteiger partial charge in [-0.25, -0.2) is 0 Å². The molecule has 0 aliphatic heterocycles. The van der Waals surface area contributed by atoms with Gasteiger partial charge in [-0.3, -0.25) is 0 Å². The zero-order chi connectivity index (χ0) is 10.8. The zero-order valence-corrected chi connectivity index (χ0v) is 8.61. The quantitative estimate of drug-likeness (QED) is 0.823. The van der Waals surface area contributed by atoms with E-state index in [9.17, 15) is 0 Å². The molecule has 2 rings (SSSR count). The number of hydrogen-bond acceptors (Lipinski definition) is 5. The molecule has 0 amide bonds. The topological polar surface area (TPSA) is 70.5 Å². The summed E-state index contributed by atoms with van der Waals surface area (Å²) in [6, 6.07) is 3.66. The minimum atomic E-state index is 0.336. The minimum absolute atomic E-state index is 0.336. The molecule has 0 spiro atoms. The third-order valence-corrected chi connectivity index (χ3v) is 2.25. The highest BCUT2D eigenvalue weighted by atomic mass is 16.5. The molecule has 2 N–H and O–H groups in total. The van der Waals surface area contributed by atoms with Crippen LogP contribution in [0.25, 0.3) is 11.0 Å². The SMILES string of the molecule is COc1ccc2c(CN)noc2c1OC. The molecule has 5 heteroatoms. The normalized spacial score (nSPS) is 10.6. The summed E-state index contributed by atoms with van der Waals surface area (Å²) in [5.41, 5.74) is 6.81. The van der Waals surface area contributed by atoms with Crippen molar-refractivity contribution in [2.45, 2.75) is 6.54 Å². The molecule has 2 aromatic rings. The lowest BCUT2D eigenvalue weighted by molar-refractivity contribution is 0.347. The maximum atomic E-state index is 5.53. The van der Waals surface area contributed by atoms with E-state index in [1.54, 1.807) is 20.3 Å². The van der Waals surface area contributed by atoms with E-state index >= 15 is 0 Å². The fraction of sp³-hybridized carbons (Fsp3) is 0.300. The van der Waals surface area contributed by atoms with Crippen LogP contribution in [0.4, 0.5) is 0 Å². The van der Waals surface area contributed by atoms with Crippen molar-refractivity contribution in [1.29, 1.82) is 0 Å². The molecule has 0 fully saturated rings. The van der Waals surface area contributed by atoms with Gasteiger partial charge in [-0.2, -0.15) is 0 Å². The predicted molar refractivity (Wildman–Crippen MR) is 55.0 cm³/mol. The Labute approximate surface area is 86.7 Å². The second-order valence-corrected chi connectivity index (χ2v) is 3.01. The van der Waals surface area contributed by atoms with E-state index < -0.39 is 0 Å². The van der Waals surface area contributed by atoms with Crippen LogP contribution in [0.15, 0.2) is 16.7 Å². The number of hydrogen-bond donors (Lipinski definition) is 1. The molecule has 15 heavy (non-hydrogen) atoms. The smallest absolute Gasteiger partial charge is 0.212 e. The van der Waals surface area contributed by atoms with E-state index in [1.807, 2.05) is 6.07 Å². The first-order valence-electron chi connectivity index (χ1n) is 4.51. The molecule has 80 valence electrons. The molecular weight excluding hydrogens is 196 g/mol. The Bertz CT molecular complexity index is 479. The summed E-state index contributed by atoms with van der Waals surface area (Å²) in [4.78, 5) is 0. The summed E-state index contributed by atoms with van der Waals surface area (Å²) in [6.07, 6.45) is 0. The fourth-order valence-electron chi connectivity index (χ4n) is 1.51. The van der Waals surface area contributed by atoms with E-state index in [-0.39, 0.29) is 0 Å². The van der Waals surface area contributed by atoms with Crippen LogP contribution in [0.2, 0.25) is 0 Å². The first kappa shape index (κ1) is 9.79. The van der Waals surface area contributed by atoms with E-state index in [4.69, 9.17) is 19.7 Å². The van der Waals surface area contributed by atoms with Crippen molar-refractivity contribution >= 4 is 11.0 Å². The largest absolute Gasteiger partial charge is 0.493 e. The van der Waals surface area contributed by atoms with E-state index in [2.05, 4.69) is 5.16 Å². The van der Waals surface area contributed by atoms with Gasteiger partial charge in [0.25, 0.3) is 0 Å². The molecule has 0 aliphatic rings. The van der Waals surface area contributed by atoms with Gasteiger partial charge in [-0.1, -0.05) is 5.16 Å². The Morgan fingerprint density at radius 3 is 2.73 bits per heavy atom. The van der Waals surface area contributed by atoms with Gasteiger partial charge in [0, 0.05) is 6.54 Å². The Kier molecular flexibility index (Phi) is 2.47. The van der Waals surface area contributed by atoms with Gasteiger partial charge >= 0.3 is 0 Å². The van der Waals surface area contributed by atoms with Gasteiger partial charge in [0.15, 0.2) is 5.75 Å². The van der Waals surface area contributed by atoms with Crippen LogP contribution in [0, 0.1) is 0 Å². The third kappa shape index (κ3) is 1.41. The Hall–Kier alpha value is -1.75. The molecule has 0 saturated heterocycles. The number of fused-ring (bicyclic) bond motifs is 1. The van der Waals surface area contributed by atoms with Crippen LogP contribution in [0.5, 0.6) is 11.5 Å². The monoisotopic (exact) mass is 208 g/mol. The molecule has 0 bridgehead atoms. The molecule has 1 aromatic carbocycles. The lowest BCUT2D eigenvalue weighted by atomic mass is 10.2. The third-order valence-electron chi connectivity index (χ3n) is 2.25. The molecule has 1 heterocycles. The number of aromatic nitrogens is 1. The molecule has 1 aromatic heterocycles. The number of nitrogens with two attached hydrogens (primary N) is 1. The summed E-state index contributed by atoms with van der Waals surface area (Å²) in [6.45, 7) is 0.336. The fourth-order valence-corrected chi connectivity index (χ4v) is 1.51. The molecular formula is C10H12N2O3. The zero-order valence-electron chi connectivity index (χ0n) is 8.61. The Morgan fingerprint density at radius 2 is 2.13 bits per heavy atom. The number of nitrogens with zero attached hydrogens (tertiary/aromatic N) is 1. The highest BCUT2D eigenvalue weighted by Crippen LogP contribution is 2.36. The Balaban J connectivity index is 2.72. The second kappa shape index (κ2) is 3.78. The van der Waals surface area contributed by atoms with Crippen LogP contribution >= 0.6 is 0 Å². The molecule has 0 saturated carbocycles. The van der Waals surface area contributed by atoms with Gasteiger partial charge in [0.2, 0.25) is 11.3 Å². The van der Waals surface area contributed by atoms with Crippen molar-refractivity contribution in [1.82, 2.24) is 5.16 Å². The first-order valence-corrected chi connectivity index (χ1v) is 4.51. The van der Waals surface area contributed by atoms with E-state index in [0.29, 0.717) is 29.3 Å². The lowest BCUT2D eigenvalue weighted by Gasteiger charge is -2.06. The van der Waals surface area contributed by atoms with Gasteiger partial charge in [-0.15, -0.1) is 0 Å².